The molecule has 1 unspecified atom stereocenters. The topological polar surface area (TPSA) is 37.3 Å². The highest BCUT2D eigenvalue weighted by atomic mass is 32.2. The summed E-state index contributed by atoms with van der Waals surface area (Å²) in [5.41, 5.74) is 2.75. The first kappa shape index (κ1) is 14.4. The number of aryl methyl sites for hydroxylation is 1. The lowest BCUT2D eigenvalue weighted by molar-refractivity contribution is 0.290. The van der Waals surface area contributed by atoms with Gasteiger partial charge >= 0.3 is 0 Å². The Morgan fingerprint density at radius 3 is 2.95 bits per heavy atom. The summed E-state index contributed by atoms with van der Waals surface area (Å²) in [6, 6.07) is 2.57. The minimum absolute atomic E-state index is 0.286. The number of nitrogens with zero attached hydrogens (tertiary/aromatic N) is 2. The number of aliphatic imine (C=N–C) groups is 1. The molecule has 0 saturated carbocycles. The molecule has 1 aromatic rings. The molecule has 1 fully saturated rings. The molecule has 104 valence electrons. The summed E-state index contributed by atoms with van der Waals surface area (Å²) in [6.45, 7) is 9.67. The van der Waals surface area contributed by atoms with E-state index in [1.165, 1.54) is 17.5 Å². The Kier molecular flexibility index (Phi) is 4.50. The summed E-state index contributed by atoms with van der Waals surface area (Å²) in [6.07, 6.45) is 4.94. The van der Waals surface area contributed by atoms with Gasteiger partial charge in [-0.25, -0.2) is 0 Å². The summed E-state index contributed by atoms with van der Waals surface area (Å²) in [5, 5.41) is 4.67. The number of hydrogen-bond donors (Lipinski definition) is 1. The Hall–Kier alpha value is -1.03. The molecule has 2 heterocycles. The lowest BCUT2D eigenvalue weighted by atomic mass is 9.85. The molecule has 0 spiro atoms. The Balaban J connectivity index is 2.02. The summed E-state index contributed by atoms with van der Waals surface area (Å²) in [7, 11) is 0. The van der Waals surface area contributed by atoms with Crippen LogP contribution in [0.5, 0.6) is 0 Å². The predicted molar refractivity (Wildman–Crippen MR) is 83.6 cm³/mol. The maximum atomic E-state index is 4.72. The molecule has 4 heteroatoms. The second kappa shape index (κ2) is 5.95. The fraction of sp³-hybridized carbons (Fsp3) is 0.600. The van der Waals surface area contributed by atoms with Crippen molar-refractivity contribution in [3.63, 3.8) is 0 Å². The number of amidine groups is 1. The SMILES string of the molecule is Cc1cnccc1CN=C1NC(C(C)(C)C)CCS1. The van der Waals surface area contributed by atoms with E-state index in [9.17, 15) is 0 Å². The van der Waals surface area contributed by atoms with E-state index < -0.39 is 0 Å². The Labute approximate surface area is 120 Å². The first-order valence-electron chi connectivity index (χ1n) is 6.80. The van der Waals surface area contributed by atoms with E-state index in [4.69, 9.17) is 4.99 Å². The molecule has 3 nitrogen and oxygen atoms in total. The molecular weight excluding hydrogens is 254 g/mol. The van der Waals surface area contributed by atoms with Gasteiger partial charge in [0.1, 0.15) is 0 Å². The van der Waals surface area contributed by atoms with Crippen molar-refractivity contribution in [3.05, 3.63) is 29.6 Å². The van der Waals surface area contributed by atoms with E-state index in [1.54, 1.807) is 0 Å². The third-order valence-electron chi connectivity index (χ3n) is 3.52. The average Bonchev–Trinajstić information content (AvgIpc) is 2.37. The van der Waals surface area contributed by atoms with Gasteiger partial charge in [0.05, 0.1) is 6.54 Å². The van der Waals surface area contributed by atoms with E-state index in [2.05, 4.69) is 38.0 Å². The van der Waals surface area contributed by atoms with Crippen LogP contribution in [0.1, 0.15) is 38.3 Å². The number of rotatable bonds is 2. The molecule has 1 N–H and O–H groups in total. The van der Waals surface area contributed by atoms with Crippen LogP contribution in [-0.4, -0.2) is 21.9 Å². The van der Waals surface area contributed by atoms with Crippen molar-refractivity contribution >= 4 is 16.9 Å². The van der Waals surface area contributed by atoms with Crippen molar-refractivity contribution in [2.75, 3.05) is 5.75 Å². The number of thioether (sulfide) groups is 1. The third kappa shape index (κ3) is 3.96. The van der Waals surface area contributed by atoms with E-state index in [-0.39, 0.29) is 5.41 Å². The van der Waals surface area contributed by atoms with Gasteiger partial charge in [-0.3, -0.25) is 9.98 Å². The van der Waals surface area contributed by atoms with E-state index >= 15 is 0 Å². The molecule has 0 amide bonds. The van der Waals surface area contributed by atoms with Crippen LogP contribution < -0.4 is 5.32 Å². The van der Waals surface area contributed by atoms with Crippen LogP contribution >= 0.6 is 11.8 Å². The van der Waals surface area contributed by atoms with Crippen LogP contribution in [0.4, 0.5) is 0 Å². The zero-order valence-electron chi connectivity index (χ0n) is 12.2. The molecule has 0 radical (unpaired) electrons. The van der Waals surface area contributed by atoms with Gasteiger partial charge in [-0.05, 0) is 36.0 Å². The highest BCUT2D eigenvalue weighted by Gasteiger charge is 2.28. The standard InChI is InChI=1S/C15H23N3S/c1-11-9-16-7-5-12(11)10-17-14-18-13(6-8-19-14)15(2,3)4/h5,7,9,13H,6,8,10H2,1-4H3,(H,17,18). The highest BCUT2D eigenvalue weighted by molar-refractivity contribution is 8.13. The van der Waals surface area contributed by atoms with Gasteiger partial charge in [0.25, 0.3) is 0 Å². The molecule has 1 atom stereocenters. The molecule has 1 aliphatic rings. The average molecular weight is 277 g/mol. The zero-order chi connectivity index (χ0) is 13.9. The van der Waals surface area contributed by atoms with Crippen LogP contribution in [-0.2, 0) is 6.54 Å². The smallest absolute Gasteiger partial charge is 0.157 e. The van der Waals surface area contributed by atoms with Gasteiger partial charge < -0.3 is 5.32 Å². The van der Waals surface area contributed by atoms with E-state index in [0.717, 1.165) is 17.5 Å². The highest BCUT2D eigenvalue weighted by Crippen LogP contribution is 2.27. The first-order valence-corrected chi connectivity index (χ1v) is 7.78. The normalized spacial score (nSPS) is 22.3. The van der Waals surface area contributed by atoms with Crippen molar-refractivity contribution in [2.45, 2.75) is 46.7 Å². The summed E-state index contributed by atoms with van der Waals surface area (Å²) < 4.78 is 0. The number of nitrogens with one attached hydrogen (secondary N) is 1. The first-order chi connectivity index (χ1) is 8.97. The van der Waals surface area contributed by atoms with Crippen LogP contribution in [0.2, 0.25) is 0 Å². The van der Waals surface area contributed by atoms with Gasteiger partial charge in [0, 0.05) is 24.2 Å². The quantitative estimate of drug-likeness (QED) is 0.900. The van der Waals surface area contributed by atoms with Crippen molar-refractivity contribution in [2.24, 2.45) is 10.4 Å². The number of aromatic nitrogens is 1. The summed E-state index contributed by atoms with van der Waals surface area (Å²) in [4.78, 5) is 8.83. The zero-order valence-corrected chi connectivity index (χ0v) is 13.0. The van der Waals surface area contributed by atoms with Crippen LogP contribution in [0.3, 0.4) is 0 Å². The Morgan fingerprint density at radius 2 is 2.26 bits per heavy atom. The maximum Gasteiger partial charge on any atom is 0.157 e. The lowest BCUT2D eigenvalue weighted by Gasteiger charge is -2.35. The minimum Gasteiger partial charge on any atom is -0.362 e. The molecule has 19 heavy (non-hydrogen) atoms. The Bertz CT molecular complexity index is 463. The van der Waals surface area contributed by atoms with E-state index in [0.29, 0.717) is 6.04 Å². The fourth-order valence-corrected chi connectivity index (χ4v) is 3.04. The molecule has 0 bridgehead atoms. The molecule has 0 aliphatic carbocycles. The number of pyridine rings is 1. The fourth-order valence-electron chi connectivity index (χ4n) is 2.11. The summed E-state index contributed by atoms with van der Waals surface area (Å²) >= 11 is 1.83. The monoisotopic (exact) mass is 277 g/mol. The van der Waals surface area contributed by atoms with Crippen molar-refractivity contribution in [1.82, 2.24) is 10.3 Å². The van der Waals surface area contributed by atoms with E-state index in [1.807, 2.05) is 30.2 Å². The second-order valence-corrected chi connectivity index (χ2v) is 7.21. The number of hydrogen-bond acceptors (Lipinski definition) is 3. The molecule has 2 rings (SSSR count). The molecule has 1 saturated heterocycles. The van der Waals surface area contributed by atoms with Crippen LogP contribution in [0.25, 0.3) is 0 Å². The van der Waals surface area contributed by atoms with Gasteiger partial charge in [-0.2, -0.15) is 0 Å². The van der Waals surface area contributed by atoms with Crippen LogP contribution in [0, 0.1) is 12.3 Å². The Morgan fingerprint density at radius 1 is 1.47 bits per heavy atom. The molecular formula is C15H23N3S. The molecule has 1 aliphatic heterocycles. The minimum atomic E-state index is 0.286. The van der Waals surface area contributed by atoms with Gasteiger partial charge in [0.2, 0.25) is 0 Å². The van der Waals surface area contributed by atoms with Crippen molar-refractivity contribution in [1.29, 1.82) is 0 Å². The largest absolute Gasteiger partial charge is 0.362 e. The second-order valence-electron chi connectivity index (χ2n) is 6.12. The van der Waals surface area contributed by atoms with Crippen LogP contribution in [0.15, 0.2) is 23.5 Å². The molecule has 0 aromatic carbocycles. The molecule has 1 aromatic heterocycles. The third-order valence-corrected chi connectivity index (χ3v) is 4.48. The van der Waals surface area contributed by atoms with Gasteiger partial charge in [-0.1, -0.05) is 32.5 Å². The predicted octanol–water partition coefficient (Wildman–Crippen LogP) is 3.39. The maximum absolute atomic E-state index is 4.72. The van der Waals surface area contributed by atoms with Gasteiger partial charge in [0.15, 0.2) is 5.17 Å². The van der Waals surface area contributed by atoms with Crippen molar-refractivity contribution in [3.8, 4) is 0 Å². The van der Waals surface area contributed by atoms with Gasteiger partial charge in [-0.15, -0.1) is 0 Å². The lowest BCUT2D eigenvalue weighted by Crippen LogP contribution is -2.46. The van der Waals surface area contributed by atoms with Crippen molar-refractivity contribution < 1.29 is 0 Å². The summed E-state index contributed by atoms with van der Waals surface area (Å²) in [5.74, 6) is 1.16.